The number of oxazole rings is 1. The van der Waals surface area contributed by atoms with Crippen LogP contribution in [0.4, 0.5) is 0 Å². The van der Waals surface area contributed by atoms with E-state index in [1.54, 1.807) is 13.1 Å². The summed E-state index contributed by atoms with van der Waals surface area (Å²) in [5.41, 5.74) is 2.17. The van der Waals surface area contributed by atoms with E-state index in [9.17, 15) is 9.59 Å². The second kappa shape index (κ2) is 5.71. The van der Waals surface area contributed by atoms with Crippen LogP contribution in [0, 0.1) is 0 Å². The van der Waals surface area contributed by atoms with Gasteiger partial charge >= 0.3 is 5.76 Å². The molecule has 6 nitrogen and oxygen atoms in total. The molecule has 2 aromatic rings. The Kier molecular flexibility index (Phi) is 4.01. The molecule has 0 fully saturated rings. The number of hydrogen-bond donors (Lipinski definition) is 2. The number of nitrogens with one attached hydrogen (secondary N) is 2. The fourth-order valence-electron chi connectivity index (χ4n) is 1.79. The lowest BCUT2D eigenvalue weighted by molar-refractivity contribution is -0.120. The van der Waals surface area contributed by atoms with Crippen molar-refractivity contribution in [2.24, 2.45) is 7.05 Å². The van der Waals surface area contributed by atoms with Crippen molar-refractivity contribution in [3.05, 3.63) is 34.3 Å². The van der Waals surface area contributed by atoms with Crippen molar-refractivity contribution in [3.63, 3.8) is 0 Å². The molecule has 6 heteroatoms. The Morgan fingerprint density at radius 2 is 2.21 bits per heavy atom. The maximum Gasteiger partial charge on any atom is 0.419 e. The molecular formula is C13H17N3O3. The van der Waals surface area contributed by atoms with Crippen LogP contribution in [0.15, 0.2) is 27.4 Å². The number of aryl methyl sites for hydroxylation is 1. The molecule has 1 aromatic carbocycles. The SMILES string of the molecule is CCNCC(=O)NCc1ccc2c(c1)oc(=O)n2C. The van der Waals surface area contributed by atoms with Crippen molar-refractivity contribution in [1.29, 1.82) is 0 Å². The summed E-state index contributed by atoms with van der Waals surface area (Å²) in [4.78, 5) is 22.8. The third-order valence-corrected chi connectivity index (χ3v) is 2.88. The van der Waals surface area contributed by atoms with Crippen molar-refractivity contribution in [1.82, 2.24) is 15.2 Å². The van der Waals surface area contributed by atoms with Gasteiger partial charge in [-0.2, -0.15) is 0 Å². The minimum Gasteiger partial charge on any atom is -0.408 e. The highest BCUT2D eigenvalue weighted by molar-refractivity contribution is 5.78. The summed E-state index contributed by atoms with van der Waals surface area (Å²) in [6.07, 6.45) is 0. The van der Waals surface area contributed by atoms with Crippen LogP contribution in [-0.2, 0) is 18.4 Å². The first-order chi connectivity index (χ1) is 9.11. The predicted octanol–water partition coefficient (Wildman–Crippen LogP) is 0.357. The van der Waals surface area contributed by atoms with Crippen LogP contribution in [0.2, 0.25) is 0 Å². The third-order valence-electron chi connectivity index (χ3n) is 2.88. The van der Waals surface area contributed by atoms with E-state index in [1.165, 1.54) is 4.57 Å². The first-order valence-corrected chi connectivity index (χ1v) is 6.17. The fourth-order valence-corrected chi connectivity index (χ4v) is 1.79. The average molecular weight is 263 g/mol. The zero-order chi connectivity index (χ0) is 13.8. The highest BCUT2D eigenvalue weighted by Crippen LogP contribution is 2.13. The summed E-state index contributed by atoms with van der Waals surface area (Å²) in [6.45, 7) is 3.42. The van der Waals surface area contributed by atoms with E-state index in [1.807, 2.05) is 19.1 Å². The Hall–Kier alpha value is -2.08. The number of carbonyl (C=O) groups is 1. The van der Waals surface area contributed by atoms with Gasteiger partial charge in [0.05, 0.1) is 12.1 Å². The Bertz CT molecular complexity index is 642. The average Bonchev–Trinajstić information content (AvgIpc) is 2.69. The summed E-state index contributed by atoms with van der Waals surface area (Å²) in [6, 6.07) is 5.45. The van der Waals surface area contributed by atoms with Crippen LogP contribution < -0.4 is 16.4 Å². The summed E-state index contributed by atoms with van der Waals surface area (Å²) >= 11 is 0. The monoisotopic (exact) mass is 263 g/mol. The van der Waals surface area contributed by atoms with Crippen LogP contribution in [0.5, 0.6) is 0 Å². The third kappa shape index (κ3) is 3.03. The van der Waals surface area contributed by atoms with Crippen LogP contribution >= 0.6 is 0 Å². The minimum absolute atomic E-state index is 0.0588. The summed E-state index contributed by atoms with van der Waals surface area (Å²) in [7, 11) is 1.66. The first kappa shape index (κ1) is 13.4. The van der Waals surface area contributed by atoms with Crippen molar-refractivity contribution >= 4 is 17.0 Å². The topological polar surface area (TPSA) is 76.3 Å². The number of carbonyl (C=O) groups excluding carboxylic acids is 1. The molecule has 0 unspecified atom stereocenters. The van der Waals surface area contributed by atoms with Gasteiger partial charge < -0.3 is 15.1 Å². The highest BCUT2D eigenvalue weighted by atomic mass is 16.4. The molecule has 0 spiro atoms. The second-order valence-electron chi connectivity index (χ2n) is 4.29. The van der Waals surface area contributed by atoms with Crippen LogP contribution in [-0.4, -0.2) is 23.6 Å². The number of hydrogen-bond acceptors (Lipinski definition) is 4. The number of benzene rings is 1. The molecular weight excluding hydrogens is 246 g/mol. The molecule has 0 radical (unpaired) electrons. The van der Waals surface area contributed by atoms with Gasteiger partial charge in [0.1, 0.15) is 0 Å². The number of fused-ring (bicyclic) bond motifs is 1. The molecule has 1 heterocycles. The van der Waals surface area contributed by atoms with Gasteiger partial charge in [0.25, 0.3) is 0 Å². The molecule has 19 heavy (non-hydrogen) atoms. The van der Waals surface area contributed by atoms with Crippen molar-refractivity contribution in [2.75, 3.05) is 13.1 Å². The zero-order valence-electron chi connectivity index (χ0n) is 11.0. The van der Waals surface area contributed by atoms with Crippen molar-refractivity contribution in [2.45, 2.75) is 13.5 Å². The quantitative estimate of drug-likeness (QED) is 0.816. The molecule has 0 saturated heterocycles. The first-order valence-electron chi connectivity index (χ1n) is 6.17. The van der Waals surface area contributed by atoms with Gasteiger partial charge in [-0.1, -0.05) is 13.0 Å². The zero-order valence-corrected chi connectivity index (χ0v) is 11.0. The molecule has 2 rings (SSSR count). The summed E-state index contributed by atoms with van der Waals surface area (Å²) in [5.74, 6) is -0.445. The van der Waals surface area contributed by atoms with E-state index in [0.717, 1.165) is 17.6 Å². The standard InChI is InChI=1S/C13H17N3O3/c1-3-14-8-12(17)15-7-9-4-5-10-11(6-9)19-13(18)16(10)2/h4-6,14H,3,7-8H2,1-2H3,(H,15,17). The molecule has 0 saturated carbocycles. The van der Waals surface area contributed by atoms with Gasteiger partial charge in [0.15, 0.2) is 5.58 Å². The molecule has 1 aromatic heterocycles. The Labute approximate surface area is 110 Å². The van der Waals surface area contributed by atoms with Gasteiger partial charge in [-0.25, -0.2) is 4.79 Å². The van der Waals surface area contributed by atoms with E-state index in [4.69, 9.17) is 4.42 Å². The van der Waals surface area contributed by atoms with E-state index in [2.05, 4.69) is 10.6 Å². The highest BCUT2D eigenvalue weighted by Gasteiger charge is 2.07. The van der Waals surface area contributed by atoms with Gasteiger partial charge in [0.2, 0.25) is 5.91 Å². The van der Waals surface area contributed by atoms with Crippen molar-refractivity contribution in [3.8, 4) is 0 Å². The Morgan fingerprint density at radius 3 is 2.95 bits per heavy atom. The predicted molar refractivity (Wildman–Crippen MR) is 71.8 cm³/mol. The molecule has 0 aliphatic rings. The van der Waals surface area contributed by atoms with Gasteiger partial charge in [-0.3, -0.25) is 9.36 Å². The minimum atomic E-state index is -0.386. The maximum absolute atomic E-state index is 11.4. The van der Waals surface area contributed by atoms with E-state index in [0.29, 0.717) is 18.7 Å². The van der Waals surface area contributed by atoms with Gasteiger partial charge in [-0.15, -0.1) is 0 Å². The molecule has 0 atom stereocenters. The number of aromatic nitrogens is 1. The lowest BCUT2D eigenvalue weighted by Gasteiger charge is -2.05. The normalized spacial score (nSPS) is 10.8. The van der Waals surface area contributed by atoms with Gasteiger partial charge in [0, 0.05) is 13.6 Å². The number of amides is 1. The van der Waals surface area contributed by atoms with E-state index in [-0.39, 0.29) is 11.7 Å². The lowest BCUT2D eigenvalue weighted by atomic mass is 10.2. The summed E-state index contributed by atoms with van der Waals surface area (Å²) in [5, 5.41) is 5.74. The number of nitrogens with zero attached hydrogens (tertiary/aromatic N) is 1. The Morgan fingerprint density at radius 1 is 1.42 bits per heavy atom. The van der Waals surface area contributed by atoms with Crippen LogP contribution in [0.3, 0.4) is 0 Å². The van der Waals surface area contributed by atoms with E-state index < -0.39 is 0 Å². The smallest absolute Gasteiger partial charge is 0.408 e. The Balaban J connectivity index is 2.06. The maximum atomic E-state index is 11.4. The largest absolute Gasteiger partial charge is 0.419 e. The number of rotatable bonds is 5. The second-order valence-corrected chi connectivity index (χ2v) is 4.29. The summed E-state index contributed by atoms with van der Waals surface area (Å²) < 4.78 is 6.54. The van der Waals surface area contributed by atoms with Crippen LogP contribution in [0.25, 0.3) is 11.1 Å². The molecule has 0 aliphatic heterocycles. The number of likely N-dealkylation sites (N-methyl/N-ethyl adjacent to an activating group) is 1. The van der Waals surface area contributed by atoms with Gasteiger partial charge in [-0.05, 0) is 24.2 Å². The molecule has 1 amide bonds. The fraction of sp³-hybridized carbons (Fsp3) is 0.385. The van der Waals surface area contributed by atoms with Crippen LogP contribution in [0.1, 0.15) is 12.5 Å². The lowest BCUT2D eigenvalue weighted by Crippen LogP contribution is -2.33. The van der Waals surface area contributed by atoms with E-state index >= 15 is 0 Å². The van der Waals surface area contributed by atoms with Crippen molar-refractivity contribution < 1.29 is 9.21 Å². The molecule has 102 valence electrons. The molecule has 2 N–H and O–H groups in total. The molecule has 0 aliphatic carbocycles. The molecule has 0 bridgehead atoms.